The third-order valence-corrected chi connectivity index (χ3v) is 6.67. The molecule has 6 heteroatoms. The Balaban J connectivity index is 1.50. The van der Waals surface area contributed by atoms with Crippen molar-refractivity contribution in [1.82, 2.24) is 4.90 Å². The van der Waals surface area contributed by atoms with Gasteiger partial charge >= 0.3 is 0 Å². The van der Waals surface area contributed by atoms with Crippen LogP contribution in [0.15, 0.2) is 23.1 Å². The highest BCUT2D eigenvalue weighted by Crippen LogP contribution is 2.34. The lowest BCUT2D eigenvalue weighted by Gasteiger charge is -2.19. The number of nitrogens with zero attached hydrogens (tertiary/aromatic N) is 2. The van der Waals surface area contributed by atoms with E-state index in [2.05, 4.69) is 30.0 Å². The number of thioether (sulfide) groups is 1. The molecule has 0 radical (unpaired) electrons. The second kappa shape index (κ2) is 7.71. The molecule has 0 bridgehead atoms. The molecule has 3 aliphatic rings. The van der Waals surface area contributed by atoms with Crippen molar-refractivity contribution in [2.24, 2.45) is 0 Å². The minimum absolute atomic E-state index is 0.0125. The Morgan fingerprint density at radius 2 is 2.12 bits per heavy atom. The van der Waals surface area contributed by atoms with Gasteiger partial charge in [-0.25, -0.2) is 0 Å². The summed E-state index contributed by atoms with van der Waals surface area (Å²) in [5, 5.41) is 0. The van der Waals surface area contributed by atoms with Crippen molar-refractivity contribution in [1.29, 1.82) is 0 Å². The lowest BCUT2D eigenvalue weighted by atomic mass is 10.1. The van der Waals surface area contributed by atoms with E-state index in [4.69, 9.17) is 17.0 Å². The van der Waals surface area contributed by atoms with Crippen LogP contribution in [0.2, 0.25) is 0 Å². The fourth-order valence-electron chi connectivity index (χ4n) is 3.78. The first-order valence-corrected chi connectivity index (χ1v) is 10.6. The van der Waals surface area contributed by atoms with E-state index in [0.717, 1.165) is 38.1 Å². The van der Waals surface area contributed by atoms with Gasteiger partial charge in [0.2, 0.25) is 0 Å². The van der Waals surface area contributed by atoms with Crippen LogP contribution >= 0.6 is 24.0 Å². The minimum Gasteiger partial charge on any atom is -0.376 e. The van der Waals surface area contributed by atoms with Gasteiger partial charge < -0.3 is 9.64 Å². The van der Waals surface area contributed by atoms with Crippen molar-refractivity contribution < 1.29 is 9.53 Å². The van der Waals surface area contributed by atoms with Gasteiger partial charge in [0.05, 0.1) is 17.6 Å². The first-order valence-electron chi connectivity index (χ1n) is 9.34. The Kier molecular flexibility index (Phi) is 5.34. The van der Waals surface area contributed by atoms with Crippen LogP contribution in [-0.4, -0.2) is 47.5 Å². The summed E-state index contributed by atoms with van der Waals surface area (Å²) in [5.74, 6) is 0.0125. The number of carbonyl (C=O) groups excluding carboxylic acids is 1. The van der Waals surface area contributed by atoms with Gasteiger partial charge in [-0.05, 0) is 61.9 Å². The fourth-order valence-corrected chi connectivity index (χ4v) is 5.05. The van der Waals surface area contributed by atoms with Crippen LogP contribution in [0.1, 0.15) is 36.8 Å². The van der Waals surface area contributed by atoms with Gasteiger partial charge in [0.25, 0.3) is 5.91 Å². The second-order valence-corrected chi connectivity index (χ2v) is 8.84. The smallest absolute Gasteiger partial charge is 0.266 e. The van der Waals surface area contributed by atoms with E-state index in [1.54, 1.807) is 4.90 Å². The fraction of sp³-hybridized carbons (Fsp3) is 0.500. The molecule has 3 saturated heterocycles. The minimum atomic E-state index is 0.0125. The predicted octanol–water partition coefficient (Wildman–Crippen LogP) is 3.98. The Morgan fingerprint density at radius 3 is 2.81 bits per heavy atom. The zero-order chi connectivity index (χ0) is 18.1. The zero-order valence-electron chi connectivity index (χ0n) is 15.1. The first-order chi connectivity index (χ1) is 12.6. The summed E-state index contributed by atoms with van der Waals surface area (Å²) in [6.07, 6.45) is 6.73. The molecule has 0 N–H and O–H groups in total. The maximum absolute atomic E-state index is 12.8. The number of benzene rings is 1. The molecule has 1 amide bonds. The molecule has 4 nitrogen and oxygen atoms in total. The summed E-state index contributed by atoms with van der Waals surface area (Å²) in [6.45, 7) is 5.76. The molecule has 4 rings (SSSR count). The number of amides is 1. The highest BCUT2D eigenvalue weighted by molar-refractivity contribution is 8.26. The molecule has 3 aliphatic heterocycles. The second-order valence-electron chi connectivity index (χ2n) is 7.16. The van der Waals surface area contributed by atoms with Crippen molar-refractivity contribution in [2.45, 2.75) is 38.7 Å². The largest absolute Gasteiger partial charge is 0.376 e. The number of hydrogen-bond acceptors (Lipinski definition) is 5. The van der Waals surface area contributed by atoms with Crippen LogP contribution in [0.5, 0.6) is 0 Å². The average Bonchev–Trinajstić information content (AvgIpc) is 3.37. The SMILES string of the molecule is Cc1cc(N2CCCC2)ccc1C=C1SC(=S)N(CC2CCCO2)C1=O. The van der Waals surface area contributed by atoms with Gasteiger partial charge in [-0.1, -0.05) is 30.0 Å². The van der Waals surface area contributed by atoms with Crippen molar-refractivity contribution in [2.75, 3.05) is 31.1 Å². The van der Waals surface area contributed by atoms with Gasteiger partial charge in [-0.3, -0.25) is 9.69 Å². The highest BCUT2D eigenvalue weighted by Gasteiger charge is 2.34. The molecule has 0 aliphatic carbocycles. The summed E-state index contributed by atoms with van der Waals surface area (Å²) in [6, 6.07) is 6.51. The van der Waals surface area contributed by atoms with Crippen LogP contribution in [0, 0.1) is 6.92 Å². The molecule has 0 spiro atoms. The van der Waals surface area contributed by atoms with Gasteiger partial charge in [0.1, 0.15) is 4.32 Å². The summed E-state index contributed by atoms with van der Waals surface area (Å²) in [5.41, 5.74) is 3.56. The topological polar surface area (TPSA) is 32.8 Å². The molecular weight excluding hydrogens is 364 g/mol. The number of aryl methyl sites for hydroxylation is 1. The lowest BCUT2D eigenvalue weighted by molar-refractivity contribution is -0.123. The monoisotopic (exact) mass is 388 g/mol. The number of carbonyl (C=O) groups is 1. The molecule has 3 heterocycles. The number of thiocarbonyl (C=S) groups is 1. The quantitative estimate of drug-likeness (QED) is 0.576. The van der Waals surface area contributed by atoms with Gasteiger partial charge in [-0.15, -0.1) is 0 Å². The summed E-state index contributed by atoms with van der Waals surface area (Å²) in [7, 11) is 0. The van der Waals surface area contributed by atoms with Crippen LogP contribution in [0.3, 0.4) is 0 Å². The van der Waals surface area contributed by atoms with Crippen molar-refractivity contribution in [3.63, 3.8) is 0 Å². The zero-order valence-corrected chi connectivity index (χ0v) is 16.7. The van der Waals surface area contributed by atoms with Gasteiger partial charge in [0.15, 0.2) is 0 Å². The van der Waals surface area contributed by atoms with Crippen LogP contribution < -0.4 is 4.90 Å². The Hall–Kier alpha value is -1.37. The maximum Gasteiger partial charge on any atom is 0.266 e. The number of ether oxygens (including phenoxy) is 1. The van der Waals surface area contributed by atoms with Crippen LogP contribution in [-0.2, 0) is 9.53 Å². The number of hydrogen-bond donors (Lipinski definition) is 0. The summed E-state index contributed by atoms with van der Waals surface area (Å²) in [4.78, 5) is 17.6. The van der Waals surface area contributed by atoms with E-state index in [1.807, 2.05) is 6.08 Å². The maximum atomic E-state index is 12.8. The van der Waals surface area contributed by atoms with E-state index < -0.39 is 0 Å². The molecule has 0 saturated carbocycles. The lowest BCUT2D eigenvalue weighted by Crippen LogP contribution is -2.35. The van der Waals surface area contributed by atoms with Gasteiger partial charge in [0, 0.05) is 25.4 Å². The van der Waals surface area contributed by atoms with Crippen LogP contribution in [0.25, 0.3) is 6.08 Å². The Bertz CT molecular complexity index is 750. The van der Waals surface area contributed by atoms with Crippen LogP contribution in [0.4, 0.5) is 5.69 Å². The standard InChI is InChI=1S/C20H24N2O2S2/c1-14-11-16(21-8-2-3-9-21)7-6-15(14)12-18-19(23)22(20(25)26-18)13-17-5-4-10-24-17/h6-7,11-12,17H,2-5,8-10,13H2,1H3. The van der Waals surface area contributed by atoms with E-state index in [-0.39, 0.29) is 12.0 Å². The van der Waals surface area contributed by atoms with E-state index in [1.165, 1.54) is 35.9 Å². The summed E-state index contributed by atoms with van der Waals surface area (Å²) >= 11 is 6.84. The van der Waals surface area contributed by atoms with E-state index >= 15 is 0 Å². The van der Waals surface area contributed by atoms with E-state index in [9.17, 15) is 4.79 Å². The molecule has 26 heavy (non-hydrogen) atoms. The molecule has 0 aromatic heterocycles. The predicted molar refractivity (Wildman–Crippen MR) is 111 cm³/mol. The number of anilines is 1. The average molecular weight is 389 g/mol. The van der Waals surface area contributed by atoms with E-state index in [0.29, 0.717) is 15.8 Å². The molecular formula is C20H24N2O2S2. The third-order valence-electron chi connectivity index (χ3n) is 5.29. The normalized spacial score (nSPS) is 25.1. The Morgan fingerprint density at radius 1 is 1.31 bits per heavy atom. The molecule has 1 aromatic carbocycles. The summed E-state index contributed by atoms with van der Waals surface area (Å²) < 4.78 is 6.30. The molecule has 138 valence electrons. The van der Waals surface area contributed by atoms with Crippen molar-refractivity contribution >= 4 is 46.0 Å². The highest BCUT2D eigenvalue weighted by atomic mass is 32.2. The molecule has 3 fully saturated rings. The molecule has 1 unspecified atom stereocenters. The molecule has 1 aromatic rings. The van der Waals surface area contributed by atoms with Crippen molar-refractivity contribution in [3.8, 4) is 0 Å². The first kappa shape index (κ1) is 18.0. The van der Waals surface area contributed by atoms with Crippen molar-refractivity contribution in [3.05, 3.63) is 34.2 Å². The molecule has 1 atom stereocenters. The Labute approximate surface area is 164 Å². The van der Waals surface area contributed by atoms with Gasteiger partial charge in [-0.2, -0.15) is 0 Å². The number of rotatable bonds is 4. The third kappa shape index (κ3) is 3.68.